The minimum atomic E-state index is -0.263. The molecule has 9 aromatic carbocycles. The predicted octanol–water partition coefficient (Wildman–Crippen LogP) is 10.7. The number of aromatic hydroxyl groups is 4. The normalized spacial score (nSPS) is 13.7. The van der Waals surface area contributed by atoms with E-state index in [-0.39, 0.29) is 29.1 Å². The molecule has 0 fully saturated rings. The third-order valence-corrected chi connectivity index (χ3v) is 10.7. The molecule has 0 amide bonds. The Morgan fingerprint density at radius 1 is 0.429 bits per heavy atom. The number of rotatable bonds is 6. The lowest BCUT2D eigenvalue weighted by molar-refractivity contribution is 0.270. The van der Waals surface area contributed by atoms with Gasteiger partial charge in [0.1, 0.15) is 46.4 Å². The quantitative estimate of drug-likeness (QED) is 0.136. The summed E-state index contributed by atoms with van der Waals surface area (Å²) in [6.07, 6.45) is 4.63. The third kappa shape index (κ3) is 6.03. The molecule has 10 rings (SSSR count). The lowest BCUT2D eigenvalue weighted by Gasteiger charge is -2.19. The first-order valence-corrected chi connectivity index (χ1v) is 18.5. The smallest absolute Gasteiger partial charge is 0.128 e. The van der Waals surface area contributed by atoms with Crippen molar-refractivity contribution in [3.63, 3.8) is 0 Å². The Balaban J connectivity index is 0.948. The lowest BCUT2D eigenvalue weighted by atomic mass is 9.94. The van der Waals surface area contributed by atoms with Crippen molar-refractivity contribution in [2.24, 2.45) is 0 Å². The highest BCUT2D eigenvalue weighted by molar-refractivity contribution is 6.02. The first-order valence-electron chi connectivity index (χ1n) is 18.5. The summed E-state index contributed by atoms with van der Waals surface area (Å²) >= 11 is 0. The van der Waals surface area contributed by atoms with E-state index in [4.69, 9.17) is 9.47 Å². The minimum Gasteiger partial charge on any atom is -0.508 e. The Kier molecular flexibility index (Phi) is 7.78. The van der Waals surface area contributed by atoms with Gasteiger partial charge in [-0.25, -0.2) is 0 Å². The molecule has 1 atom stereocenters. The summed E-state index contributed by atoms with van der Waals surface area (Å²) in [6.45, 7) is 0. The van der Waals surface area contributed by atoms with Crippen LogP contribution in [0, 0.1) is 0 Å². The fraction of sp³-hybridized carbons (Fsp3) is 0.0400. The van der Waals surface area contributed by atoms with Crippen LogP contribution < -0.4 is 19.9 Å². The van der Waals surface area contributed by atoms with Gasteiger partial charge in [0.05, 0.1) is 0 Å². The Morgan fingerprint density at radius 3 is 1.66 bits per heavy atom. The Morgan fingerprint density at radius 2 is 0.946 bits per heavy atom. The van der Waals surface area contributed by atoms with E-state index in [9.17, 15) is 20.4 Å². The molecule has 1 aliphatic carbocycles. The van der Waals surface area contributed by atoms with Crippen molar-refractivity contribution in [2.45, 2.75) is 12.5 Å². The molecule has 0 aliphatic heterocycles. The fourth-order valence-electron chi connectivity index (χ4n) is 7.95. The zero-order valence-electron chi connectivity index (χ0n) is 30.0. The number of benzene rings is 9. The van der Waals surface area contributed by atoms with E-state index in [0.29, 0.717) is 29.2 Å². The predicted molar refractivity (Wildman–Crippen MR) is 224 cm³/mol. The van der Waals surface area contributed by atoms with Gasteiger partial charge in [-0.3, -0.25) is 0 Å². The molecule has 0 saturated carbocycles. The first-order chi connectivity index (χ1) is 27.3. The Labute approximate surface area is 321 Å². The number of hydrogen-bond donors (Lipinski definition) is 4. The summed E-state index contributed by atoms with van der Waals surface area (Å²) in [5.74, 6) is 2.73. The molecule has 9 aromatic rings. The molecule has 6 nitrogen and oxygen atoms in total. The van der Waals surface area contributed by atoms with E-state index in [1.807, 2.05) is 115 Å². The molecule has 6 heteroatoms. The van der Waals surface area contributed by atoms with Gasteiger partial charge in [-0.2, -0.15) is 0 Å². The van der Waals surface area contributed by atoms with Crippen LogP contribution in [0.3, 0.4) is 0 Å². The Hall–Kier alpha value is -7.44. The molecule has 0 saturated heterocycles. The summed E-state index contributed by atoms with van der Waals surface area (Å²) in [6, 6.07) is 47.5. The van der Waals surface area contributed by atoms with Gasteiger partial charge in [-0.15, -0.1) is 0 Å². The molecule has 0 spiro atoms. The van der Waals surface area contributed by atoms with Crippen molar-refractivity contribution in [3.8, 4) is 62.5 Å². The SMILES string of the molecule is Oc1ccc2ccc(-c3c(O)ccc4c3=CC(Oc3ccc5ccc(Oc6ccc7ccc(O)c(-c8ccc9ccc(O)cc9c8)c7c6)cc5c3)CC=4)cc2c1. The van der Waals surface area contributed by atoms with Crippen molar-refractivity contribution in [2.75, 3.05) is 0 Å². The standard InChI is InChI=1S/C50H34O6/c51-39-13-5-29-1-3-34(21-36(29)23-39)49-45-27-43(17-9-32(45)11-19-47(49)53)55-41-15-7-31-8-16-42(26-38(31)25-41)56-44-18-10-33-12-20-48(54)50(46(33)28-44)35-4-2-30-6-14-40(52)24-37(30)22-35/h1-17,19-28,44,51-54H,18H2. The highest BCUT2D eigenvalue weighted by Gasteiger charge is 2.17. The van der Waals surface area contributed by atoms with Crippen LogP contribution in [0.2, 0.25) is 0 Å². The fourth-order valence-corrected chi connectivity index (χ4v) is 7.95. The van der Waals surface area contributed by atoms with Crippen molar-refractivity contribution in [1.29, 1.82) is 0 Å². The largest absolute Gasteiger partial charge is 0.508 e. The Bertz CT molecular complexity index is 3180. The molecule has 1 unspecified atom stereocenters. The second-order valence-electron chi connectivity index (χ2n) is 14.3. The van der Waals surface area contributed by atoms with Crippen LogP contribution in [0.4, 0.5) is 0 Å². The van der Waals surface area contributed by atoms with Gasteiger partial charge in [0.2, 0.25) is 0 Å². The summed E-state index contributed by atoms with van der Waals surface area (Å²) < 4.78 is 13.0. The van der Waals surface area contributed by atoms with Gasteiger partial charge in [-0.1, -0.05) is 72.8 Å². The second-order valence-corrected chi connectivity index (χ2v) is 14.3. The van der Waals surface area contributed by atoms with Crippen molar-refractivity contribution < 1.29 is 29.9 Å². The van der Waals surface area contributed by atoms with Gasteiger partial charge in [0.25, 0.3) is 0 Å². The van der Waals surface area contributed by atoms with Crippen LogP contribution >= 0.6 is 0 Å². The van der Waals surface area contributed by atoms with Crippen molar-refractivity contribution in [1.82, 2.24) is 0 Å². The van der Waals surface area contributed by atoms with Crippen molar-refractivity contribution in [3.05, 3.63) is 162 Å². The van der Waals surface area contributed by atoms with Crippen LogP contribution in [0.15, 0.2) is 152 Å². The monoisotopic (exact) mass is 730 g/mol. The zero-order valence-corrected chi connectivity index (χ0v) is 30.0. The van der Waals surface area contributed by atoms with Crippen LogP contribution in [-0.4, -0.2) is 26.5 Å². The number of fused-ring (bicyclic) bond motifs is 5. The van der Waals surface area contributed by atoms with Gasteiger partial charge in [0.15, 0.2) is 0 Å². The molecule has 0 heterocycles. The molecule has 56 heavy (non-hydrogen) atoms. The van der Waals surface area contributed by atoms with E-state index in [2.05, 4.69) is 12.2 Å². The maximum absolute atomic E-state index is 11.1. The number of hydrogen-bond acceptors (Lipinski definition) is 6. The van der Waals surface area contributed by atoms with E-state index >= 15 is 0 Å². The maximum atomic E-state index is 11.1. The van der Waals surface area contributed by atoms with Crippen molar-refractivity contribution >= 4 is 55.2 Å². The van der Waals surface area contributed by atoms with Gasteiger partial charge in [0, 0.05) is 17.5 Å². The number of phenolic OH excluding ortho intramolecular Hbond substituents is 4. The van der Waals surface area contributed by atoms with E-state index in [0.717, 1.165) is 70.2 Å². The lowest BCUT2D eigenvalue weighted by Crippen LogP contribution is -2.34. The summed E-state index contributed by atoms with van der Waals surface area (Å²) in [5, 5.41) is 51.8. The summed E-state index contributed by atoms with van der Waals surface area (Å²) in [5.41, 5.74) is 3.11. The highest BCUT2D eigenvalue weighted by atomic mass is 16.5. The minimum absolute atomic E-state index is 0.159. The maximum Gasteiger partial charge on any atom is 0.128 e. The average molecular weight is 731 g/mol. The molecule has 270 valence electrons. The summed E-state index contributed by atoms with van der Waals surface area (Å²) in [4.78, 5) is 0. The molecule has 1 aliphatic rings. The van der Waals surface area contributed by atoms with E-state index < -0.39 is 0 Å². The summed E-state index contributed by atoms with van der Waals surface area (Å²) in [7, 11) is 0. The van der Waals surface area contributed by atoms with Crippen LogP contribution in [-0.2, 0) is 0 Å². The van der Waals surface area contributed by atoms with Crippen LogP contribution in [0.25, 0.3) is 77.5 Å². The molecule has 0 bridgehead atoms. The van der Waals surface area contributed by atoms with E-state index in [1.54, 1.807) is 36.4 Å². The van der Waals surface area contributed by atoms with Gasteiger partial charge in [-0.05, 0) is 156 Å². The highest BCUT2D eigenvalue weighted by Crippen LogP contribution is 2.40. The molecular weight excluding hydrogens is 697 g/mol. The molecule has 4 N–H and O–H groups in total. The molecule has 0 aromatic heterocycles. The zero-order chi connectivity index (χ0) is 37.9. The topological polar surface area (TPSA) is 99.4 Å². The molecule has 0 radical (unpaired) electrons. The molecular formula is C50H34O6. The average Bonchev–Trinajstić information content (AvgIpc) is 3.20. The van der Waals surface area contributed by atoms with Crippen LogP contribution in [0.1, 0.15) is 6.42 Å². The number of phenols is 4. The second kappa shape index (κ2) is 13.1. The van der Waals surface area contributed by atoms with Gasteiger partial charge >= 0.3 is 0 Å². The third-order valence-electron chi connectivity index (χ3n) is 10.7. The van der Waals surface area contributed by atoms with E-state index in [1.165, 1.54) is 0 Å². The number of ether oxygens (including phenoxy) is 2. The van der Waals surface area contributed by atoms with Gasteiger partial charge < -0.3 is 29.9 Å². The van der Waals surface area contributed by atoms with Crippen LogP contribution in [0.5, 0.6) is 40.2 Å². The first kappa shape index (κ1) is 33.2.